The molecule has 0 unspecified atom stereocenters. The van der Waals surface area contributed by atoms with Crippen molar-refractivity contribution < 1.29 is 19.8 Å². The predicted molar refractivity (Wildman–Crippen MR) is 204 cm³/mol. The molecule has 3 aromatic carbocycles. The van der Waals surface area contributed by atoms with E-state index in [2.05, 4.69) is 50.2 Å². The van der Waals surface area contributed by atoms with Crippen molar-refractivity contribution in [1.29, 1.82) is 0 Å². The Bertz CT molecular complexity index is 2230. The molecule has 4 heterocycles. The van der Waals surface area contributed by atoms with Gasteiger partial charge in [-0.2, -0.15) is 9.97 Å². The van der Waals surface area contributed by atoms with Crippen LogP contribution in [0.15, 0.2) is 97.5 Å². The van der Waals surface area contributed by atoms with Crippen LogP contribution in [0.4, 0.5) is 11.8 Å². The van der Waals surface area contributed by atoms with E-state index >= 15 is 0 Å². The van der Waals surface area contributed by atoms with E-state index in [4.69, 9.17) is 15.0 Å². The van der Waals surface area contributed by atoms with Crippen LogP contribution >= 0.6 is 0 Å². The van der Waals surface area contributed by atoms with Crippen LogP contribution in [0.3, 0.4) is 0 Å². The van der Waals surface area contributed by atoms with Crippen LogP contribution in [0.2, 0.25) is 0 Å². The molecule has 14 nitrogen and oxygen atoms in total. The highest BCUT2D eigenvalue weighted by molar-refractivity contribution is 5.94. The number of nitrogens with zero attached hydrogens (tertiary/aromatic N) is 7. The number of anilines is 2. The fourth-order valence-electron chi connectivity index (χ4n) is 7.53. The van der Waals surface area contributed by atoms with Gasteiger partial charge in [0.15, 0.2) is 17.0 Å². The third-order valence-corrected chi connectivity index (χ3v) is 10.5. The first kappa shape index (κ1) is 35.1. The second kappa shape index (κ2) is 15.2. The van der Waals surface area contributed by atoms with Gasteiger partial charge in [-0.15, -0.1) is 0 Å². The average Bonchev–Trinajstić information content (AvgIpc) is 3.93. The summed E-state index contributed by atoms with van der Waals surface area (Å²) >= 11 is 0. The van der Waals surface area contributed by atoms with Gasteiger partial charge in [-0.3, -0.25) is 14.6 Å². The average molecular weight is 727 g/mol. The van der Waals surface area contributed by atoms with Gasteiger partial charge in [0, 0.05) is 38.0 Å². The zero-order chi connectivity index (χ0) is 37.2. The molecule has 6 aromatic rings. The van der Waals surface area contributed by atoms with Crippen LogP contribution in [0, 0.1) is 0 Å². The Kier molecular flexibility index (Phi) is 9.85. The van der Waals surface area contributed by atoms with Gasteiger partial charge < -0.3 is 35.6 Å². The normalized spacial score (nSPS) is 21.2. The first-order chi connectivity index (χ1) is 26.4. The molecule has 0 radical (unpaired) electrons. The van der Waals surface area contributed by atoms with E-state index in [1.807, 2.05) is 65.6 Å². The number of hydrogen-bond donors (Lipinski definition) is 5. The van der Waals surface area contributed by atoms with E-state index in [1.165, 1.54) is 6.20 Å². The number of nitrogens with one attached hydrogen (secondary N) is 3. The number of fused-ring (bicyclic) bond motifs is 2. The molecule has 54 heavy (non-hydrogen) atoms. The van der Waals surface area contributed by atoms with E-state index < -0.39 is 24.3 Å². The number of aromatic nitrogens is 6. The quantitative estimate of drug-likeness (QED) is 0.132. The van der Waals surface area contributed by atoms with E-state index in [-0.39, 0.29) is 35.9 Å². The summed E-state index contributed by atoms with van der Waals surface area (Å²) in [6.07, 6.45) is 2.00. The van der Waals surface area contributed by atoms with Gasteiger partial charge in [0.25, 0.3) is 5.91 Å². The fraction of sp³-hybridized carbons (Fsp3) is 0.325. The molecular formula is C40H42N10O4. The van der Waals surface area contributed by atoms with Gasteiger partial charge in [-0.25, -0.2) is 9.97 Å². The summed E-state index contributed by atoms with van der Waals surface area (Å²) in [4.78, 5) is 51.2. The number of para-hydroxylation sites is 2. The maximum absolute atomic E-state index is 13.3. The number of hydrogen-bond acceptors (Lipinski definition) is 11. The lowest BCUT2D eigenvalue weighted by atomic mass is 9.91. The second-order valence-electron chi connectivity index (χ2n) is 13.9. The van der Waals surface area contributed by atoms with Crippen molar-refractivity contribution in [1.82, 2.24) is 40.1 Å². The van der Waals surface area contributed by atoms with E-state index in [0.29, 0.717) is 60.9 Å². The van der Waals surface area contributed by atoms with Gasteiger partial charge in [-0.1, -0.05) is 79.7 Å². The van der Waals surface area contributed by atoms with Crippen LogP contribution in [0.1, 0.15) is 59.8 Å². The highest BCUT2D eigenvalue weighted by Crippen LogP contribution is 2.35. The van der Waals surface area contributed by atoms with E-state index in [1.54, 1.807) is 17.8 Å². The Morgan fingerprint density at radius 1 is 0.852 bits per heavy atom. The smallest absolute Gasteiger partial charge is 0.271 e. The highest BCUT2D eigenvalue weighted by Gasteiger charge is 2.44. The number of aliphatic hydroxyl groups excluding tert-OH is 2. The van der Waals surface area contributed by atoms with Gasteiger partial charge in [0.2, 0.25) is 11.9 Å². The summed E-state index contributed by atoms with van der Waals surface area (Å²) in [6.45, 7) is 3.29. The lowest BCUT2D eigenvalue weighted by Crippen LogP contribution is -2.42. The van der Waals surface area contributed by atoms with Crippen molar-refractivity contribution in [2.75, 3.05) is 29.9 Å². The van der Waals surface area contributed by atoms with Crippen LogP contribution < -0.4 is 20.9 Å². The van der Waals surface area contributed by atoms with Crippen molar-refractivity contribution in [2.45, 2.75) is 62.4 Å². The maximum atomic E-state index is 13.3. The van der Waals surface area contributed by atoms with E-state index in [0.717, 1.165) is 16.6 Å². The minimum atomic E-state index is -1.16. The molecule has 1 saturated carbocycles. The molecular weight excluding hydrogens is 685 g/mol. The molecule has 2 amide bonds. The second-order valence-corrected chi connectivity index (χ2v) is 13.9. The Balaban J connectivity index is 1.09. The van der Waals surface area contributed by atoms with Crippen LogP contribution in [0.25, 0.3) is 22.2 Å². The first-order valence-electron chi connectivity index (χ1n) is 18.4. The summed E-state index contributed by atoms with van der Waals surface area (Å²) in [5.74, 6) is 0.459. The van der Waals surface area contributed by atoms with Gasteiger partial charge in [0.1, 0.15) is 17.9 Å². The zero-order valence-corrected chi connectivity index (χ0v) is 29.8. The zero-order valence-electron chi connectivity index (χ0n) is 29.8. The van der Waals surface area contributed by atoms with Crippen molar-refractivity contribution in [3.63, 3.8) is 0 Å². The minimum absolute atomic E-state index is 0.00210. The lowest BCUT2D eigenvalue weighted by Gasteiger charge is -2.22. The summed E-state index contributed by atoms with van der Waals surface area (Å²) < 4.78 is 1.78. The molecule has 5 atom stereocenters. The number of benzene rings is 3. The molecule has 1 saturated heterocycles. The molecule has 8 rings (SSSR count). The number of carbonyl (C=O) groups is 2. The Morgan fingerprint density at radius 3 is 2.28 bits per heavy atom. The van der Waals surface area contributed by atoms with Gasteiger partial charge >= 0.3 is 0 Å². The minimum Gasteiger partial charge on any atom is -0.388 e. The monoisotopic (exact) mass is 726 g/mol. The summed E-state index contributed by atoms with van der Waals surface area (Å²) in [7, 11) is 0. The van der Waals surface area contributed by atoms with E-state index in [9.17, 15) is 19.8 Å². The Morgan fingerprint density at radius 2 is 1.56 bits per heavy atom. The Labute approximate surface area is 311 Å². The van der Waals surface area contributed by atoms with Crippen LogP contribution in [0.5, 0.6) is 0 Å². The third kappa shape index (κ3) is 7.05. The molecule has 5 N–H and O–H groups in total. The highest BCUT2D eigenvalue weighted by atomic mass is 16.3. The molecule has 1 aliphatic heterocycles. The molecule has 1 aliphatic carbocycles. The molecule has 0 spiro atoms. The molecule has 2 aliphatic rings. The first-order valence-corrected chi connectivity index (χ1v) is 18.4. The largest absolute Gasteiger partial charge is 0.388 e. The summed E-state index contributed by atoms with van der Waals surface area (Å²) in [6, 6.07) is 26.6. The van der Waals surface area contributed by atoms with Crippen molar-refractivity contribution in [3.05, 3.63) is 114 Å². The fourth-order valence-corrected chi connectivity index (χ4v) is 7.53. The summed E-state index contributed by atoms with van der Waals surface area (Å²) in [5.41, 5.74) is 4.90. The molecule has 0 bridgehead atoms. The molecule has 276 valence electrons. The Hall–Kier alpha value is -5.99. The predicted octanol–water partition coefficient (Wildman–Crippen LogP) is 3.58. The van der Waals surface area contributed by atoms with Crippen LogP contribution in [-0.4, -0.2) is 95.4 Å². The molecule has 14 heteroatoms. The standard InChI is InChI=1S/C40H42N10O4/c1-2-33(51)46-30-19-32(36(53)35(30)52)50-23-43-34-37(42-20-27(24-11-5-3-6-12-24)25-13-7-4-8-14-25)47-40(48-38(34)50)49-18-17-26(22-49)44-39(54)31-21-41-28-15-9-10-16-29(28)45-31/h3-16,21,23,26-27,30,32,35-36,52-53H,2,17-20,22H2,1H3,(H,44,54)(H,46,51)(H,42,47,48)/t26-,30+,32-,35-,36+/m1/s1. The number of imidazole rings is 1. The molecule has 2 fully saturated rings. The lowest BCUT2D eigenvalue weighted by molar-refractivity contribution is -0.122. The maximum Gasteiger partial charge on any atom is 0.271 e. The third-order valence-electron chi connectivity index (χ3n) is 10.5. The summed E-state index contributed by atoms with van der Waals surface area (Å²) in [5, 5.41) is 31.7. The number of carbonyl (C=O) groups excluding carboxylic acids is 2. The van der Waals surface area contributed by atoms with Gasteiger partial charge in [0.05, 0.1) is 35.6 Å². The van der Waals surface area contributed by atoms with Crippen molar-refractivity contribution in [2.24, 2.45) is 0 Å². The van der Waals surface area contributed by atoms with Crippen LogP contribution in [-0.2, 0) is 4.79 Å². The molecule has 3 aromatic heterocycles. The topological polar surface area (TPSA) is 183 Å². The number of amides is 2. The number of aliphatic hydroxyl groups is 2. The van der Waals surface area contributed by atoms with Gasteiger partial charge in [-0.05, 0) is 36.1 Å². The van der Waals surface area contributed by atoms with Crippen molar-refractivity contribution >= 4 is 45.8 Å². The number of rotatable bonds is 11. The SMILES string of the molecule is CCC(=O)N[C@H]1C[C@@H](n2cnc3c(NCC(c4ccccc4)c4ccccc4)nc(N4CC[C@@H](NC(=O)c5cnc6ccccc6n5)C4)nc32)[C@H](O)[C@@H]1O. The van der Waals surface area contributed by atoms with Crippen molar-refractivity contribution in [3.8, 4) is 0 Å².